The van der Waals surface area contributed by atoms with E-state index >= 15 is 0 Å². The monoisotopic (exact) mass is 325 g/mol. The van der Waals surface area contributed by atoms with E-state index in [0.717, 1.165) is 17.7 Å². The van der Waals surface area contributed by atoms with Crippen LogP contribution in [0.1, 0.15) is 45.2 Å². The quantitative estimate of drug-likeness (QED) is 0.876. The number of methoxy groups -OCH3 is 1. The van der Waals surface area contributed by atoms with Crippen LogP contribution < -0.4 is 10.3 Å². The van der Waals surface area contributed by atoms with E-state index in [4.69, 9.17) is 4.74 Å². The van der Waals surface area contributed by atoms with Gasteiger partial charge in [-0.2, -0.15) is 0 Å². The first-order valence-corrected chi connectivity index (χ1v) is 8.84. The fourth-order valence-corrected chi connectivity index (χ4v) is 3.71. The van der Waals surface area contributed by atoms with Crippen molar-refractivity contribution in [2.45, 2.75) is 46.0 Å². The van der Waals surface area contributed by atoms with Crippen molar-refractivity contribution < 1.29 is 4.74 Å². The molecule has 1 aliphatic rings. The lowest BCUT2D eigenvalue weighted by atomic mass is 9.72. The molecule has 0 saturated heterocycles. The second kappa shape index (κ2) is 6.84. The second-order valence-electron chi connectivity index (χ2n) is 7.74. The van der Waals surface area contributed by atoms with Gasteiger partial charge in [-0.3, -0.25) is 4.79 Å². The van der Waals surface area contributed by atoms with E-state index in [1.54, 1.807) is 7.11 Å². The van der Waals surface area contributed by atoms with Gasteiger partial charge in [0.1, 0.15) is 5.75 Å². The molecule has 0 aliphatic heterocycles. The molecule has 0 unspecified atom stereocenters. The Balaban J connectivity index is 1.84. The van der Waals surface area contributed by atoms with Gasteiger partial charge in [-0.1, -0.05) is 44.2 Å². The summed E-state index contributed by atoms with van der Waals surface area (Å²) in [5.74, 6) is 1.32. The van der Waals surface area contributed by atoms with E-state index in [9.17, 15) is 4.79 Å². The average Bonchev–Trinajstić information content (AvgIpc) is 2.57. The molecule has 0 spiro atoms. The van der Waals surface area contributed by atoms with Crippen molar-refractivity contribution in [1.82, 2.24) is 4.98 Å². The summed E-state index contributed by atoms with van der Waals surface area (Å²) in [5, 5.41) is 0. The predicted molar refractivity (Wildman–Crippen MR) is 98.5 cm³/mol. The number of aromatic amines is 1. The van der Waals surface area contributed by atoms with Gasteiger partial charge in [0, 0.05) is 11.8 Å². The Hall–Kier alpha value is -2.03. The molecule has 0 radical (unpaired) electrons. The van der Waals surface area contributed by atoms with Gasteiger partial charge >= 0.3 is 0 Å². The van der Waals surface area contributed by atoms with Gasteiger partial charge in [0.2, 0.25) is 0 Å². The molecule has 128 valence electrons. The molecule has 1 aromatic heterocycles. The number of H-pyrrole nitrogens is 1. The first-order chi connectivity index (χ1) is 11.5. The number of hydrogen-bond acceptors (Lipinski definition) is 2. The number of pyridine rings is 1. The zero-order valence-electron chi connectivity index (χ0n) is 14.9. The van der Waals surface area contributed by atoms with Gasteiger partial charge in [-0.15, -0.1) is 0 Å². The van der Waals surface area contributed by atoms with Crippen molar-refractivity contribution in [3.8, 4) is 16.9 Å². The summed E-state index contributed by atoms with van der Waals surface area (Å²) in [6, 6.07) is 11.7. The normalized spacial score (nSPS) is 17.6. The molecule has 2 aromatic rings. The third kappa shape index (κ3) is 3.72. The van der Waals surface area contributed by atoms with E-state index in [1.165, 1.54) is 25.7 Å². The van der Waals surface area contributed by atoms with Crippen molar-refractivity contribution in [2.75, 3.05) is 7.11 Å². The minimum atomic E-state index is -0.0633. The smallest absolute Gasteiger partial charge is 0.259 e. The van der Waals surface area contributed by atoms with E-state index in [1.807, 2.05) is 36.4 Å². The number of hydrogen-bond donors (Lipinski definition) is 1. The lowest BCUT2D eigenvalue weighted by Crippen LogP contribution is -2.23. The fourth-order valence-electron chi connectivity index (χ4n) is 3.71. The minimum Gasteiger partial charge on any atom is -0.496 e. The molecular weight excluding hydrogens is 298 g/mol. The Morgan fingerprint density at radius 1 is 1.17 bits per heavy atom. The number of rotatable bonds is 4. The van der Waals surface area contributed by atoms with E-state index in [0.29, 0.717) is 22.6 Å². The molecule has 0 bridgehead atoms. The maximum atomic E-state index is 12.6. The zero-order chi connectivity index (χ0) is 17.2. The fraction of sp³-hybridized carbons (Fsp3) is 0.476. The first-order valence-electron chi connectivity index (χ1n) is 8.84. The highest BCUT2D eigenvalue weighted by Gasteiger charge is 2.27. The molecule has 0 amide bonds. The van der Waals surface area contributed by atoms with Crippen LogP contribution in [0.15, 0.2) is 41.2 Å². The second-order valence-corrected chi connectivity index (χ2v) is 7.74. The molecule has 1 saturated carbocycles. The van der Waals surface area contributed by atoms with Crippen LogP contribution in [0.25, 0.3) is 11.1 Å². The molecule has 1 aliphatic carbocycles. The van der Waals surface area contributed by atoms with E-state index in [2.05, 4.69) is 18.8 Å². The van der Waals surface area contributed by atoms with Gasteiger partial charge in [-0.05, 0) is 49.0 Å². The third-order valence-corrected chi connectivity index (χ3v) is 5.30. The molecule has 3 rings (SSSR count). The molecule has 1 fully saturated rings. The topological polar surface area (TPSA) is 42.1 Å². The predicted octanol–water partition coefficient (Wildman–Crippen LogP) is 4.81. The maximum Gasteiger partial charge on any atom is 0.259 e. The minimum absolute atomic E-state index is 0.0633. The van der Waals surface area contributed by atoms with Crippen molar-refractivity contribution in [1.29, 1.82) is 0 Å². The summed E-state index contributed by atoms with van der Waals surface area (Å²) in [6.07, 6.45) is 5.93. The number of nitrogens with one attached hydrogen (secondary N) is 1. The molecule has 1 aromatic carbocycles. The van der Waals surface area contributed by atoms with Crippen LogP contribution in [0.2, 0.25) is 0 Å². The molecule has 0 atom stereocenters. The lowest BCUT2D eigenvalue weighted by Gasteiger charge is -2.34. The van der Waals surface area contributed by atoms with Gasteiger partial charge in [0.05, 0.1) is 12.7 Å². The van der Waals surface area contributed by atoms with E-state index in [-0.39, 0.29) is 5.56 Å². The average molecular weight is 325 g/mol. The summed E-state index contributed by atoms with van der Waals surface area (Å²) in [6.45, 7) is 4.70. The van der Waals surface area contributed by atoms with Crippen molar-refractivity contribution in [3.63, 3.8) is 0 Å². The van der Waals surface area contributed by atoms with Crippen molar-refractivity contribution in [3.05, 3.63) is 52.4 Å². The van der Waals surface area contributed by atoms with Crippen molar-refractivity contribution in [2.24, 2.45) is 11.3 Å². The Morgan fingerprint density at radius 2 is 1.83 bits per heavy atom. The molecule has 1 N–H and O–H groups in total. The van der Waals surface area contributed by atoms with Crippen molar-refractivity contribution >= 4 is 0 Å². The number of aromatic nitrogens is 1. The number of ether oxygens (including phenoxy) is 1. The Morgan fingerprint density at radius 3 is 2.46 bits per heavy atom. The van der Waals surface area contributed by atoms with Crippen LogP contribution in [0.3, 0.4) is 0 Å². The molecule has 3 heteroatoms. The van der Waals surface area contributed by atoms with Gasteiger partial charge in [0.25, 0.3) is 5.56 Å². The van der Waals surface area contributed by atoms with E-state index < -0.39 is 0 Å². The van der Waals surface area contributed by atoms with Crippen LogP contribution in [0.4, 0.5) is 0 Å². The summed E-state index contributed by atoms with van der Waals surface area (Å²) in [4.78, 5) is 15.7. The Kier molecular flexibility index (Phi) is 4.79. The molecule has 3 nitrogen and oxygen atoms in total. The number of benzene rings is 1. The third-order valence-electron chi connectivity index (χ3n) is 5.30. The Labute approximate surface area is 144 Å². The van der Waals surface area contributed by atoms with Gasteiger partial charge in [0.15, 0.2) is 0 Å². The first kappa shape index (κ1) is 16.8. The van der Waals surface area contributed by atoms with Gasteiger partial charge < -0.3 is 9.72 Å². The highest BCUT2D eigenvalue weighted by atomic mass is 16.5. The molecule has 1 heterocycles. The van der Waals surface area contributed by atoms with Crippen LogP contribution in [-0.2, 0) is 6.42 Å². The molecular formula is C21H27NO2. The SMILES string of the molecule is COc1cc(CC2CCC(C)(C)CC2)[nH]c(=O)c1-c1ccccc1. The summed E-state index contributed by atoms with van der Waals surface area (Å²) in [5.41, 5.74) is 2.90. The van der Waals surface area contributed by atoms with Gasteiger partial charge in [-0.25, -0.2) is 0 Å². The Bertz CT molecular complexity index is 736. The molecule has 24 heavy (non-hydrogen) atoms. The van der Waals surface area contributed by atoms with Crippen LogP contribution in [0, 0.1) is 11.3 Å². The highest BCUT2D eigenvalue weighted by molar-refractivity contribution is 5.69. The largest absolute Gasteiger partial charge is 0.496 e. The standard InChI is InChI=1S/C21H27NO2/c1-21(2)11-9-15(10-12-21)13-17-14-18(24-3)19(20(23)22-17)16-7-5-4-6-8-16/h4-8,14-15H,9-13H2,1-3H3,(H,22,23). The maximum absolute atomic E-state index is 12.6. The zero-order valence-corrected chi connectivity index (χ0v) is 14.9. The summed E-state index contributed by atoms with van der Waals surface area (Å²) in [7, 11) is 1.63. The van der Waals surface area contributed by atoms with Crippen LogP contribution in [-0.4, -0.2) is 12.1 Å². The van der Waals surface area contributed by atoms with Crippen LogP contribution in [0.5, 0.6) is 5.75 Å². The highest BCUT2D eigenvalue weighted by Crippen LogP contribution is 2.39. The summed E-state index contributed by atoms with van der Waals surface area (Å²) < 4.78 is 5.52. The lowest BCUT2D eigenvalue weighted by molar-refractivity contribution is 0.190. The summed E-state index contributed by atoms with van der Waals surface area (Å²) >= 11 is 0. The van der Waals surface area contributed by atoms with Crippen LogP contribution >= 0.6 is 0 Å².